The molecule has 1 heterocycles. The number of hydrogen-bond donors (Lipinski definition) is 1. The van der Waals surface area contributed by atoms with E-state index >= 15 is 0 Å². The van der Waals surface area contributed by atoms with Gasteiger partial charge in [0.25, 0.3) is 0 Å². The average molecular weight is 178 g/mol. The fraction of sp³-hybridized carbons (Fsp3) is 0. The van der Waals surface area contributed by atoms with Crippen LogP contribution in [0.15, 0.2) is 39.7 Å². The van der Waals surface area contributed by atoms with Gasteiger partial charge in [0.2, 0.25) is 5.84 Å². The highest BCUT2D eigenvalue weighted by molar-refractivity contribution is 5.99. The van der Waals surface area contributed by atoms with Gasteiger partial charge in [-0.3, -0.25) is 0 Å². The third-order valence-corrected chi connectivity index (χ3v) is 1.61. The predicted molar refractivity (Wildman–Crippen MR) is 44.1 cm³/mol. The fourth-order valence-corrected chi connectivity index (χ4v) is 1.03. The minimum absolute atomic E-state index is 0.281. The van der Waals surface area contributed by atoms with Crippen molar-refractivity contribution >= 4 is 5.84 Å². The van der Waals surface area contributed by atoms with Crippen molar-refractivity contribution in [3.8, 4) is 0 Å². The molecule has 0 fully saturated rings. The second kappa shape index (κ2) is 3.02. The van der Waals surface area contributed by atoms with Crippen LogP contribution < -0.4 is 5.12 Å². The monoisotopic (exact) mass is 178 g/mol. The van der Waals surface area contributed by atoms with Gasteiger partial charge in [-0.15, -0.1) is 0 Å². The van der Waals surface area contributed by atoms with Crippen LogP contribution in [-0.4, -0.2) is 5.84 Å². The first kappa shape index (κ1) is 8.00. The van der Waals surface area contributed by atoms with E-state index in [-0.39, 0.29) is 11.7 Å². The number of nitrogens with one attached hydrogen (secondary N) is 1. The highest BCUT2D eigenvalue weighted by atomic mass is 19.1. The van der Waals surface area contributed by atoms with Crippen molar-refractivity contribution in [3.05, 3.63) is 42.7 Å². The van der Waals surface area contributed by atoms with Crippen LogP contribution in [0.2, 0.25) is 0 Å². The summed E-state index contributed by atoms with van der Waals surface area (Å²) in [6, 6.07) is 6.29. The molecule has 1 N–H and O–H groups in total. The molecule has 1 aromatic carbocycles. The summed E-state index contributed by atoms with van der Waals surface area (Å²) >= 11 is 0. The Morgan fingerprint density at radius 1 is 1.31 bits per heavy atom. The van der Waals surface area contributed by atoms with E-state index in [0.717, 1.165) is 0 Å². The zero-order chi connectivity index (χ0) is 9.26. The van der Waals surface area contributed by atoms with Crippen molar-refractivity contribution < 1.29 is 9.51 Å². The first-order chi connectivity index (χ1) is 6.27. The highest BCUT2D eigenvalue weighted by Crippen LogP contribution is 2.09. The van der Waals surface area contributed by atoms with Gasteiger partial charge in [0.1, 0.15) is 5.82 Å². The second-order valence-electron chi connectivity index (χ2n) is 2.53. The van der Waals surface area contributed by atoms with Crippen molar-refractivity contribution in [2.24, 2.45) is 15.4 Å². The molecule has 0 bridgehead atoms. The van der Waals surface area contributed by atoms with Gasteiger partial charge in [-0.05, 0) is 12.1 Å². The quantitative estimate of drug-likeness (QED) is 0.610. The molecule has 1 atom stereocenters. The normalized spacial score (nSPS) is 20.5. The average Bonchev–Trinajstić information content (AvgIpc) is 2.53. The molecule has 1 aromatic rings. The maximum Gasteiger partial charge on any atom is 0.244 e. The van der Waals surface area contributed by atoms with Crippen LogP contribution in [0.25, 0.3) is 0 Å². The first-order valence-electron chi connectivity index (χ1n) is 3.71. The molecule has 13 heavy (non-hydrogen) atoms. The Kier molecular flexibility index (Phi) is 1.86. The van der Waals surface area contributed by atoms with Crippen LogP contribution in [-0.2, 0) is 0 Å². The zero-order valence-electron chi connectivity index (χ0n) is 6.74. The van der Waals surface area contributed by atoms with Crippen LogP contribution >= 0.6 is 0 Å². The van der Waals surface area contributed by atoms with Gasteiger partial charge < -0.3 is 0 Å². The molecule has 0 radical (unpaired) electrons. The largest absolute Gasteiger partial charge is 0.244 e. The van der Waals surface area contributed by atoms with Crippen molar-refractivity contribution in [1.29, 1.82) is 0 Å². The van der Waals surface area contributed by atoms with Crippen molar-refractivity contribution in [2.75, 3.05) is 0 Å². The lowest BCUT2D eigenvalue weighted by molar-refractivity contribution is -0.868. The predicted octanol–water partition coefficient (Wildman–Crippen LogP) is 0.545. The molecule has 66 valence electrons. The van der Waals surface area contributed by atoms with Crippen molar-refractivity contribution in [1.82, 2.24) is 0 Å². The Balaban J connectivity index is 2.42. The van der Waals surface area contributed by atoms with Gasteiger partial charge >= 0.3 is 0 Å². The van der Waals surface area contributed by atoms with E-state index in [0.29, 0.717) is 10.7 Å². The van der Waals surface area contributed by atoms with Crippen LogP contribution in [0.1, 0.15) is 5.56 Å². The van der Waals surface area contributed by atoms with E-state index in [4.69, 9.17) is 0 Å². The van der Waals surface area contributed by atoms with E-state index < -0.39 is 0 Å². The minimum atomic E-state index is -0.352. The zero-order valence-corrected chi connectivity index (χ0v) is 6.74. The SMILES string of the molecule is [CH2-][NH+]1N=NC(c2ccccc2F)=N1. The Labute approximate surface area is 74.4 Å². The van der Waals surface area contributed by atoms with Crippen molar-refractivity contribution in [2.45, 2.75) is 0 Å². The fourth-order valence-electron chi connectivity index (χ4n) is 1.03. The molecular weight excluding hydrogens is 171 g/mol. The third kappa shape index (κ3) is 1.46. The van der Waals surface area contributed by atoms with Crippen LogP contribution in [0, 0.1) is 12.9 Å². The Hall–Kier alpha value is -1.62. The molecule has 1 aliphatic rings. The summed E-state index contributed by atoms with van der Waals surface area (Å²) in [5.74, 6) is -0.0713. The van der Waals surface area contributed by atoms with Gasteiger partial charge in [-0.2, -0.15) is 5.12 Å². The van der Waals surface area contributed by atoms with Gasteiger partial charge in [-0.25, -0.2) is 4.39 Å². The lowest BCUT2D eigenvalue weighted by atomic mass is 10.2. The molecule has 0 aliphatic carbocycles. The molecule has 0 spiro atoms. The molecule has 0 saturated carbocycles. The molecule has 4 nitrogen and oxygen atoms in total. The number of amidine groups is 1. The standard InChI is InChI=1S/C8H7FN4/c1-13-11-8(10-12-13)6-4-2-3-5-7(6)9/h2-5,13H,1H2. The Bertz CT molecular complexity index is 385. The lowest BCUT2D eigenvalue weighted by Crippen LogP contribution is -2.95. The molecule has 2 rings (SSSR count). The molecule has 1 unspecified atom stereocenters. The van der Waals surface area contributed by atoms with E-state index in [2.05, 4.69) is 22.5 Å². The topological polar surface area (TPSA) is 41.5 Å². The maximum absolute atomic E-state index is 13.2. The summed E-state index contributed by atoms with van der Waals surface area (Å²) in [5.41, 5.74) is 0.352. The Morgan fingerprint density at radius 2 is 2.08 bits per heavy atom. The van der Waals surface area contributed by atoms with Crippen LogP contribution in [0.3, 0.4) is 0 Å². The number of rotatable bonds is 1. The summed E-state index contributed by atoms with van der Waals surface area (Å²) in [4.78, 5) is 0. The van der Waals surface area contributed by atoms with Crippen LogP contribution in [0.5, 0.6) is 0 Å². The van der Waals surface area contributed by atoms with Crippen molar-refractivity contribution in [3.63, 3.8) is 0 Å². The highest BCUT2D eigenvalue weighted by Gasteiger charge is 2.15. The number of quaternary nitrogens is 1. The van der Waals surface area contributed by atoms with Crippen LogP contribution in [0.4, 0.5) is 4.39 Å². The second-order valence-corrected chi connectivity index (χ2v) is 2.53. The van der Waals surface area contributed by atoms with Gasteiger partial charge in [0.05, 0.1) is 5.56 Å². The van der Waals surface area contributed by atoms with Gasteiger partial charge in [-0.1, -0.05) is 29.4 Å². The summed E-state index contributed by atoms with van der Waals surface area (Å²) < 4.78 is 13.2. The molecular formula is C8H7FN4. The molecule has 0 saturated heterocycles. The molecule has 1 aliphatic heterocycles. The maximum atomic E-state index is 13.2. The smallest absolute Gasteiger partial charge is 0.206 e. The van der Waals surface area contributed by atoms with E-state index in [1.54, 1.807) is 18.2 Å². The molecule has 0 amide bonds. The van der Waals surface area contributed by atoms with Gasteiger partial charge in [0, 0.05) is 5.22 Å². The lowest BCUT2D eigenvalue weighted by Gasteiger charge is -1.96. The summed E-state index contributed by atoms with van der Waals surface area (Å²) in [7, 11) is 3.49. The van der Waals surface area contributed by atoms with Gasteiger partial charge in [0.15, 0.2) is 0 Å². The summed E-state index contributed by atoms with van der Waals surface area (Å²) in [6.45, 7) is 0. The number of hydrogen-bond acceptors (Lipinski definition) is 3. The summed E-state index contributed by atoms with van der Waals surface area (Å²) in [5, 5.41) is 11.5. The van der Waals surface area contributed by atoms with E-state index in [1.165, 1.54) is 6.07 Å². The molecule has 0 aromatic heterocycles. The number of benzene rings is 1. The van der Waals surface area contributed by atoms with E-state index in [1.807, 2.05) is 0 Å². The number of halogens is 1. The molecule has 5 heteroatoms. The number of nitrogens with zero attached hydrogens (tertiary/aromatic N) is 3. The summed E-state index contributed by atoms with van der Waals surface area (Å²) in [6.07, 6.45) is 0. The third-order valence-electron chi connectivity index (χ3n) is 1.61. The first-order valence-corrected chi connectivity index (χ1v) is 3.71. The minimum Gasteiger partial charge on any atom is -0.206 e. The van der Waals surface area contributed by atoms with E-state index in [9.17, 15) is 4.39 Å². The Morgan fingerprint density at radius 3 is 2.69 bits per heavy atom.